The molecule has 7 heteroatoms. The third-order valence-electron chi connectivity index (χ3n) is 4.00. The number of para-hydroxylation sites is 1. The van der Waals surface area contributed by atoms with Gasteiger partial charge in [-0.3, -0.25) is 9.59 Å². The highest BCUT2D eigenvalue weighted by molar-refractivity contribution is 6.09. The zero-order chi connectivity index (χ0) is 16.6. The number of primary amides is 1. The second-order valence-corrected chi connectivity index (χ2v) is 5.43. The van der Waals surface area contributed by atoms with E-state index in [-0.39, 0.29) is 11.3 Å². The molecule has 1 saturated heterocycles. The highest BCUT2D eigenvalue weighted by Gasteiger charge is 2.35. The number of aliphatic carboxylic acids is 1. The Balaban J connectivity index is 2.12. The Kier molecular flexibility index (Phi) is 3.69. The van der Waals surface area contributed by atoms with Gasteiger partial charge in [0, 0.05) is 11.9 Å². The van der Waals surface area contributed by atoms with Gasteiger partial charge in [-0.25, -0.2) is 9.78 Å². The van der Waals surface area contributed by atoms with Crippen molar-refractivity contribution in [2.45, 2.75) is 18.9 Å². The number of hydrogen-bond donors (Lipinski definition) is 2. The molecule has 3 N–H and O–H groups in total. The van der Waals surface area contributed by atoms with E-state index in [0.29, 0.717) is 30.3 Å². The molecule has 0 saturated carbocycles. The molecule has 2 aromatic rings. The molecule has 1 atom stereocenters. The van der Waals surface area contributed by atoms with Gasteiger partial charge in [-0.2, -0.15) is 0 Å². The third-order valence-corrected chi connectivity index (χ3v) is 4.00. The molecule has 7 nitrogen and oxygen atoms in total. The summed E-state index contributed by atoms with van der Waals surface area (Å²) < 4.78 is 0. The number of amides is 2. The predicted molar refractivity (Wildman–Crippen MR) is 82.0 cm³/mol. The summed E-state index contributed by atoms with van der Waals surface area (Å²) in [6.07, 6.45) is 1.06. The van der Waals surface area contributed by atoms with Crippen LogP contribution in [0.15, 0.2) is 30.3 Å². The Morgan fingerprint density at radius 1 is 1.26 bits per heavy atom. The lowest BCUT2D eigenvalue weighted by atomic mass is 10.1. The van der Waals surface area contributed by atoms with Gasteiger partial charge in [0.2, 0.25) is 0 Å². The molecule has 0 aliphatic carbocycles. The number of nitrogens with two attached hydrogens (primary N) is 1. The van der Waals surface area contributed by atoms with Gasteiger partial charge in [0.25, 0.3) is 11.8 Å². The monoisotopic (exact) mass is 313 g/mol. The number of carboxylic acids is 1. The number of fused-ring (bicyclic) bond motifs is 1. The number of likely N-dealkylation sites (tertiary alicyclic amines) is 1. The number of hydrogen-bond acceptors (Lipinski definition) is 4. The van der Waals surface area contributed by atoms with E-state index in [1.54, 1.807) is 24.3 Å². The SMILES string of the molecule is NC(=O)c1cc(C(=O)N2CCCC2C(=O)O)c2ccccc2n1. The number of nitrogens with zero attached hydrogens (tertiary/aromatic N) is 2. The van der Waals surface area contributed by atoms with Crippen LogP contribution < -0.4 is 5.73 Å². The maximum atomic E-state index is 12.8. The van der Waals surface area contributed by atoms with E-state index in [1.807, 2.05) is 0 Å². The number of aromatic nitrogens is 1. The van der Waals surface area contributed by atoms with Gasteiger partial charge in [-0.05, 0) is 25.0 Å². The number of benzene rings is 1. The Labute approximate surface area is 131 Å². The molecule has 1 aliphatic heterocycles. The average Bonchev–Trinajstić information content (AvgIpc) is 3.03. The maximum absolute atomic E-state index is 12.8. The van der Waals surface area contributed by atoms with Crippen LogP contribution in [0.4, 0.5) is 0 Å². The summed E-state index contributed by atoms with van der Waals surface area (Å²) in [5.74, 6) is -2.18. The van der Waals surface area contributed by atoms with E-state index in [2.05, 4.69) is 4.98 Å². The van der Waals surface area contributed by atoms with E-state index in [0.717, 1.165) is 0 Å². The van der Waals surface area contributed by atoms with Crippen LogP contribution in [0, 0.1) is 0 Å². The van der Waals surface area contributed by atoms with Gasteiger partial charge >= 0.3 is 5.97 Å². The van der Waals surface area contributed by atoms with E-state index in [1.165, 1.54) is 11.0 Å². The highest BCUT2D eigenvalue weighted by Crippen LogP contribution is 2.25. The zero-order valence-corrected chi connectivity index (χ0v) is 12.2. The van der Waals surface area contributed by atoms with E-state index in [4.69, 9.17) is 5.73 Å². The van der Waals surface area contributed by atoms with Crippen LogP contribution in [0.1, 0.15) is 33.7 Å². The van der Waals surface area contributed by atoms with Crippen molar-refractivity contribution in [3.8, 4) is 0 Å². The molecule has 1 aromatic carbocycles. The van der Waals surface area contributed by atoms with Crippen molar-refractivity contribution in [2.24, 2.45) is 5.73 Å². The first-order chi connectivity index (χ1) is 11.0. The Morgan fingerprint density at radius 2 is 2.00 bits per heavy atom. The van der Waals surface area contributed by atoms with Crippen LogP contribution in [0.2, 0.25) is 0 Å². The molecule has 0 radical (unpaired) electrons. The first-order valence-electron chi connectivity index (χ1n) is 7.22. The van der Waals surface area contributed by atoms with Gasteiger partial charge in [0.05, 0.1) is 11.1 Å². The van der Waals surface area contributed by atoms with Crippen molar-refractivity contribution in [3.63, 3.8) is 0 Å². The molecule has 3 rings (SSSR count). The summed E-state index contributed by atoms with van der Waals surface area (Å²) in [4.78, 5) is 41.1. The smallest absolute Gasteiger partial charge is 0.326 e. The predicted octanol–water partition coefficient (Wildman–Crippen LogP) is 1.02. The minimum Gasteiger partial charge on any atom is -0.480 e. The Morgan fingerprint density at radius 3 is 2.70 bits per heavy atom. The van der Waals surface area contributed by atoms with E-state index < -0.39 is 23.8 Å². The second kappa shape index (κ2) is 5.68. The summed E-state index contributed by atoms with van der Waals surface area (Å²) in [6.45, 7) is 0.373. The number of carbonyl (C=O) groups excluding carboxylic acids is 2. The standard InChI is InChI=1S/C16H15N3O4/c17-14(20)12-8-10(9-4-1-2-5-11(9)18-12)15(21)19-7-3-6-13(19)16(22)23/h1-2,4-5,8,13H,3,6-7H2,(H2,17,20)(H,22,23). The summed E-state index contributed by atoms with van der Waals surface area (Å²) in [5, 5.41) is 9.82. The number of carboxylic acid groups (broad SMARTS) is 1. The topological polar surface area (TPSA) is 114 Å². The van der Waals surface area contributed by atoms with Crippen molar-refractivity contribution >= 4 is 28.7 Å². The third kappa shape index (κ3) is 2.61. The largest absolute Gasteiger partial charge is 0.480 e. The lowest BCUT2D eigenvalue weighted by molar-refractivity contribution is -0.141. The van der Waals surface area contributed by atoms with Crippen LogP contribution >= 0.6 is 0 Å². The molecule has 118 valence electrons. The fraction of sp³-hybridized carbons (Fsp3) is 0.250. The quantitative estimate of drug-likeness (QED) is 0.878. The molecular formula is C16H15N3O4. The molecule has 1 aromatic heterocycles. The van der Waals surface area contributed by atoms with Crippen molar-refractivity contribution < 1.29 is 19.5 Å². The molecule has 1 aliphatic rings. The minimum absolute atomic E-state index is 0.0156. The Hall–Kier alpha value is -2.96. The zero-order valence-electron chi connectivity index (χ0n) is 12.2. The van der Waals surface area contributed by atoms with Crippen molar-refractivity contribution in [1.82, 2.24) is 9.88 Å². The number of pyridine rings is 1. The van der Waals surface area contributed by atoms with E-state index in [9.17, 15) is 19.5 Å². The molecular weight excluding hydrogens is 298 g/mol. The fourth-order valence-electron chi connectivity index (χ4n) is 2.90. The van der Waals surface area contributed by atoms with Crippen LogP contribution in [-0.2, 0) is 4.79 Å². The van der Waals surface area contributed by atoms with Gasteiger partial charge in [-0.1, -0.05) is 18.2 Å². The van der Waals surface area contributed by atoms with Crippen LogP contribution in [0.3, 0.4) is 0 Å². The first-order valence-corrected chi connectivity index (χ1v) is 7.22. The molecule has 1 unspecified atom stereocenters. The minimum atomic E-state index is -1.02. The maximum Gasteiger partial charge on any atom is 0.326 e. The summed E-state index contributed by atoms with van der Waals surface area (Å²) >= 11 is 0. The van der Waals surface area contributed by atoms with Crippen molar-refractivity contribution in [1.29, 1.82) is 0 Å². The van der Waals surface area contributed by atoms with Crippen LogP contribution in [0.25, 0.3) is 10.9 Å². The molecule has 2 amide bonds. The number of rotatable bonds is 3. The fourth-order valence-corrected chi connectivity index (χ4v) is 2.90. The lowest BCUT2D eigenvalue weighted by Crippen LogP contribution is -2.40. The summed E-state index contributed by atoms with van der Waals surface area (Å²) in [6, 6.07) is 7.38. The molecule has 0 spiro atoms. The molecule has 23 heavy (non-hydrogen) atoms. The first kappa shape index (κ1) is 15.0. The molecule has 1 fully saturated rings. The highest BCUT2D eigenvalue weighted by atomic mass is 16.4. The average molecular weight is 313 g/mol. The second-order valence-electron chi connectivity index (χ2n) is 5.43. The summed E-state index contributed by atoms with van der Waals surface area (Å²) in [5.41, 5.74) is 5.99. The van der Waals surface area contributed by atoms with Crippen LogP contribution in [-0.4, -0.2) is 45.4 Å². The molecule has 2 heterocycles. The van der Waals surface area contributed by atoms with Gasteiger partial charge in [-0.15, -0.1) is 0 Å². The van der Waals surface area contributed by atoms with Gasteiger partial charge in [0.15, 0.2) is 0 Å². The van der Waals surface area contributed by atoms with Crippen molar-refractivity contribution in [3.05, 3.63) is 41.6 Å². The lowest BCUT2D eigenvalue weighted by Gasteiger charge is -2.22. The van der Waals surface area contributed by atoms with Crippen molar-refractivity contribution in [2.75, 3.05) is 6.54 Å². The summed E-state index contributed by atoms with van der Waals surface area (Å²) in [7, 11) is 0. The van der Waals surface area contributed by atoms with Crippen LogP contribution in [0.5, 0.6) is 0 Å². The molecule has 0 bridgehead atoms. The van der Waals surface area contributed by atoms with Gasteiger partial charge < -0.3 is 15.7 Å². The Bertz CT molecular complexity index is 818. The normalized spacial score (nSPS) is 17.4. The van der Waals surface area contributed by atoms with E-state index >= 15 is 0 Å². The number of carbonyl (C=O) groups is 3. The van der Waals surface area contributed by atoms with Gasteiger partial charge in [0.1, 0.15) is 11.7 Å².